The number of carbonyl (C=O) groups excluding carboxylic acids is 1. The molecule has 110 valence electrons. The number of halogens is 1. The van der Waals surface area contributed by atoms with E-state index < -0.39 is 23.2 Å². The minimum Gasteiger partial charge on any atom is -0.494 e. The van der Waals surface area contributed by atoms with Crippen molar-refractivity contribution in [2.45, 2.75) is 32.2 Å². The number of aliphatic carboxylic acids is 1. The van der Waals surface area contributed by atoms with E-state index >= 15 is 0 Å². The summed E-state index contributed by atoms with van der Waals surface area (Å²) in [5, 5.41) is 11.3. The van der Waals surface area contributed by atoms with Crippen LogP contribution in [-0.2, 0) is 4.79 Å². The quantitative estimate of drug-likeness (QED) is 0.839. The molecule has 1 amide bonds. The average Bonchev–Trinajstić information content (AvgIpc) is 2.36. The molecule has 0 bridgehead atoms. The molecule has 0 saturated heterocycles. The lowest BCUT2D eigenvalue weighted by Crippen LogP contribution is -2.43. The topological polar surface area (TPSA) is 75.6 Å². The van der Waals surface area contributed by atoms with Crippen LogP contribution in [0.15, 0.2) is 18.2 Å². The maximum atomic E-state index is 13.5. The molecule has 0 aromatic heterocycles. The lowest BCUT2D eigenvalue weighted by atomic mass is 9.97. The number of methoxy groups -OCH3 is 1. The van der Waals surface area contributed by atoms with Gasteiger partial charge in [0.15, 0.2) is 11.6 Å². The van der Waals surface area contributed by atoms with Gasteiger partial charge in [0.25, 0.3) is 5.91 Å². The van der Waals surface area contributed by atoms with Crippen molar-refractivity contribution in [3.8, 4) is 5.75 Å². The van der Waals surface area contributed by atoms with Crippen LogP contribution in [0.25, 0.3) is 0 Å². The zero-order valence-electron chi connectivity index (χ0n) is 11.7. The molecule has 0 heterocycles. The van der Waals surface area contributed by atoms with Crippen LogP contribution in [0.5, 0.6) is 5.75 Å². The van der Waals surface area contributed by atoms with Crippen LogP contribution in [0.4, 0.5) is 4.39 Å². The van der Waals surface area contributed by atoms with E-state index in [0.717, 1.165) is 6.07 Å². The van der Waals surface area contributed by atoms with Crippen LogP contribution in [-0.4, -0.2) is 29.6 Å². The third-order valence-electron chi connectivity index (χ3n) is 2.83. The molecule has 1 rings (SSSR count). The SMILES string of the molecule is COc1ccc(C(=O)NC(C)(C)CCC(=O)O)cc1F. The Hall–Kier alpha value is -2.11. The van der Waals surface area contributed by atoms with E-state index in [2.05, 4.69) is 5.32 Å². The first-order valence-corrected chi connectivity index (χ1v) is 6.13. The van der Waals surface area contributed by atoms with Crippen molar-refractivity contribution in [2.24, 2.45) is 0 Å². The standard InChI is InChI=1S/C14H18FNO4/c1-14(2,7-6-12(17)18)16-13(19)9-4-5-11(20-3)10(15)8-9/h4-5,8H,6-7H2,1-3H3,(H,16,19)(H,17,18). The molecule has 1 aromatic carbocycles. The van der Waals surface area contributed by atoms with Crippen LogP contribution >= 0.6 is 0 Å². The highest BCUT2D eigenvalue weighted by molar-refractivity contribution is 5.94. The van der Waals surface area contributed by atoms with Crippen LogP contribution in [0, 0.1) is 5.82 Å². The van der Waals surface area contributed by atoms with Crippen molar-refractivity contribution in [3.05, 3.63) is 29.6 Å². The van der Waals surface area contributed by atoms with Crippen molar-refractivity contribution in [2.75, 3.05) is 7.11 Å². The molecule has 0 aliphatic rings. The Morgan fingerprint density at radius 2 is 2.05 bits per heavy atom. The van der Waals surface area contributed by atoms with Gasteiger partial charge in [-0.15, -0.1) is 0 Å². The van der Waals surface area contributed by atoms with Crippen molar-refractivity contribution >= 4 is 11.9 Å². The first kappa shape index (κ1) is 15.9. The normalized spacial score (nSPS) is 11.0. The molecule has 0 radical (unpaired) electrons. The maximum Gasteiger partial charge on any atom is 0.303 e. The summed E-state index contributed by atoms with van der Waals surface area (Å²) in [5.41, 5.74) is -0.530. The van der Waals surface area contributed by atoms with Crippen LogP contribution < -0.4 is 10.1 Å². The highest BCUT2D eigenvalue weighted by Crippen LogP contribution is 2.19. The molecular formula is C14H18FNO4. The fourth-order valence-corrected chi connectivity index (χ4v) is 1.67. The molecule has 0 spiro atoms. The lowest BCUT2D eigenvalue weighted by molar-refractivity contribution is -0.137. The zero-order chi connectivity index (χ0) is 15.3. The number of carboxylic acids is 1. The molecule has 0 saturated carbocycles. The molecule has 20 heavy (non-hydrogen) atoms. The molecule has 5 nitrogen and oxygen atoms in total. The Morgan fingerprint density at radius 1 is 1.40 bits per heavy atom. The number of hydrogen-bond donors (Lipinski definition) is 2. The third-order valence-corrected chi connectivity index (χ3v) is 2.83. The summed E-state index contributed by atoms with van der Waals surface area (Å²) in [6.07, 6.45) is 0.233. The monoisotopic (exact) mass is 283 g/mol. The summed E-state index contributed by atoms with van der Waals surface area (Å²) in [6, 6.07) is 3.90. The number of carboxylic acid groups (broad SMARTS) is 1. The van der Waals surface area contributed by atoms with E-state index in [0.29, 0.717) is 0 Å². The van der Waals surface area contributed by atoms with Gasteiger partial charge < -0.3 is 15.2 Å². The number of nitrogens with one attached hydrogen (secondary N) is 1. The summed E-state index contributed by atoms with van der Waals surface area (Å²) >= 11 is 0. The number of benzene rings is 1. The van der Waals surface area contributed by atoms with Crippen LogP contribution in [0.1, 0.15) is 37.0 Å². The van der Waals surface area contributed by atoms with E-state index in [1.807, 2.05) is 0 Å². The minimum absolute atomic E-state index is 0.0513. The molecule has 0 atom stereocenters. The molecular weight excluding hydrogens is 265 g/mol. The van der Waals surface area contributed by atoms with E-state index in [1.54, 1.807) is 13.8 Å². The van der Waals surface area contributed by atoms with E-state index in [4.69, 9.17) is 9.84 Å². The Labute approximate surface area is 116 Å². The average molecular weight is 283 g/mol. The minimum atomic E-state index is -0.928. The van der Waals surface area contributed by atoms with Gasteiger partial charge >= 0.3 is 5.97 Å². The molecule has 0 aliphatic heterocycles. The number of amides is 1. The Kier molecular flexibility index (Phi) is 5.07. The Bertz CT molecular complexity index is 514. The number of rotatable bonds is 6. The van der Waals surface area contributed by atoms with Gasteiger partial charge in [0.1, 0.15) is 0 Å². The van der Waals surface area contributed by atoms with Crippen molar-refractivity contribution in [1.29, 1.82) is 0 Å². The van der Waals surface area contributed by atoms with Gasteiger partial charge in [0, 0.05) is 17.5 Å². The van der Waals surface area contributed by atoms with Gasteiger partial charge in [-0.1, -0.05) is 0 Å². The summed E-state index contributed by atoms with van der Waals surface area (Å²) in [6.45, 7) is 3.43. The molecule has 0 aliphatic carbocycles. The fourth-order valence-electron chi connectivity index (χ4n) is 1.67. The van der Waals surface area contributed by atoms with Gasteiger partial charge in [0.2, 0.25) is 0 Å². The zero-order valence-corrected chi connectivity index (χ0v) is 11.7. The second-order valence-electron chi connectivity index (χ2n) is 5.08. The van der Waals surface area contributed by atoms with Gasteiger partial charge in [0.05, 0.1) is 7.11 Å². The molecule has 2 N–H and O–H groups in total. The predicted octanol–water partition coefficient (Wildman–Crippen LogP) is 2.21. The predicted molar refractivity (Wildman–Crippen MR) is 71.4 cm³/mol. The fraction of sp³-hybridized carbons (Fsp3) is 0.429. The van der Waals surface area contributed by atoms with Crippen molar-refractivity contribution in [3.63, 3.8) is 0 Å². The summed E-state index contributed by atoms with van der Waals surface area (Å²) in [5.74, 6) is -1.94. The van der Waals surface area contributed by atoms with Gasteiger partial charge in [-0.2, -0.15) is 0 Å². The number of carbonyl (C=O) groups is 2. The Morgan fingerprint density at radius 3 is 2.55 bits per heavy atom. The first-order valence-electron chi connectivity index (χ1n) is 6.13. The summed E-state index contributed by atoms with van der Waals surface area (Å²) in [4.78, 5) is 22.5. The highest BCUT2D eigenvalue weighted by Gasteiger charge is 2.22. The highest BCUT2D eigenvalue weighted by atomic mass is 19.1. The van der Waals surface area contributed by atoms with Gasteiger partial charge in [-0.25, -0.2) is 4.39 Å². The van der Waals surface area contributed by atoms with E-state index in [1.165, 1.54) is 19.2 Å². The summed E-state index contributed by atoms with van der Waals surface area (Å²) < 4.78 is 18.3. The molecule has 0 unspecified atom stereocenters. The molecule has 1 aromatic rings. The van der Waals surface area contributed by atoms with Crippen molar-refractivity contribution < 1.29 is 23.8 Å². The lowest BCUT2D eigenvalue weighted by Gasteiger charge is -2.25. The summed E-state index contributed by atoms with van der Waals surface area (Å²) in [7, 11) is 1.34. The molecule has 0 fully saturated rings. The van der Waals surface area contributed by atoms with Gasteiger partial charge in [-0.05, 0) is 38.5 Å². The third kappa shape index (κ3) is 4.53. The molecule has 6 heteroatoms. The van der Waals surface area contributed by atoms with Crippen molar-refractivity contribution in [1.82, 2.24) is 5.32 Å². The van der Waals surface area contributed by atoms with Crippen LogP contribution in [0.3, 0.4) is 0 Å². The van der Waals surface area contributed by atoms with E-state index in [-0.39, 0.29) is 24.2 Å². The second kappa shape index (κ2) is 6.36. The number of ether oxygens (including phenoxy) is 1. The number of hydrogen-bond acceptors (Lipinski definition) is 3. The maximum absolute atomic E-state index is 13.5. The van der Waals surface area contributed by atoms with E-state index in [9.17, 15) is 14.0 Å². The smallest absolute Gasteiger partial charge is 0.303 e. The first-order chi connectivity index (χ1) is 9.25. The Balaban J connectivity index is 2.75. The largest absolute Gasteiger partial charge is 0.494 e. The van der Waals surface area contributed by atoms with Crippen LogP contribution in [0.2, 0.25) is 0 Å². The second-order valence-corrected chi connectivity index (χ2v) is 5.08. The van der Waals surface area contributed by atoms with Gasteiger partial charge in [-0.3, -0.25) is 9.59 Å².